The Hall–Kier alpha value is -2.14. The van der Waals surface area contributed by atoms with Gasteiger partial charge in [0.1, 0.15) is 6.26 Å². The van der Waals surface area contributed by atoms with Gasteiger partial charge in [-0.05, 0) is 31.4 Å². The van der Waals surface area contributed by atoms with Gasteiger partial charge in [-0.3, -0.25) is 4.79 Å². The van der Waals surface area contributed by atoms with Crippen LogP contribution < -0.4 is 5.32 Å². The van der Waals surface area contributed by atoms with Gasteiger partial charge in [-0.2, -0.15) is 0 Å². The largest absolute Gasteiger partial charge is 0.444 e. The number of aliphatic hydroxyl groups is 1. The Morgan fingerprint density at radius 2 is 2.14 bits per heavy atom. The molecule has 110 valence electrons. The van der Waals surface area contributed by atoms with Crippen LogP contribution in [0.15, 0.2) is 41.0 Å². The SMILES string of the molecule is O=C(NCc1coc(-c2ccccc2)n1)C1CCCC1O. The highest BCUT2D eigenvalue weighted by atomic mass is 16.3. The lowest BCUT2D eigenvalue weighted by molar-refractivity contribution is -0.127. The Balaban J connectivity index is 1.59. The molecule has 2 atom stereocenters. The third kappa shape index (κ3) is 3.13. The summed E-state index contributed by atoms with van der Waals surface area (Å²) in [5.74, 6) is 0.149. The second-order valence-corrected chi connectivity index (χ2v) is 5.33. The van der Waals surface area contributed by atoms with Gasteiger partial charge < -0.3 is 14.8 Å². The number of amides is 1. The molecule has 5 nitrogen and oxygen atoms in total. The number of carbonyl (C=O) groups excluding carboxylic acids is 1. The van der Waals surface area contributed by atoms with Gasteiger partial charge in [-0.15, -0.1) is 0 Å². The van der Waals surface area contributed by atoms with E-state index in [1.54, 1.807) is 6.26 Å². The highest BCUT2D eigenvalue weighted by Gasteiger charge is 2.31. The average molecular weight is 286 g/mol. The van der Waals surface area contributed by atoms with Crippen molar-refractivity contribution in [3.63, 3.8) is 0 Å². The molecule has 0 spiro atoms. The summed E-state index contributed by atoms with van der Waals surface area (Å²) in [5, 5.41) is 12.5. The minimum atomic E-state index is -0.512. The number of nitrogens with one attached hydrogen (secondary N) is 1. The van der Waals surface area contributed by atoms with Crippen molar-refractivity contribution in [1.29, 1.82) is 0 Å². The fourth-order valence-electron chi connectivity index (χ4n) is 2.66. The first-order valence-corrected chi connectivity index (χ1v) is 7.19. The molecule has 0 aliphatic heterocycles. The Morgan fingerprint density at radius 1 is 1.33 bits per heavy atom. The Labute approximate surface area is 123 Å². The van der Waals surface area contributed by atoms with Crippen molar-refractivity contribution in [3.05, 3.63) is 42.3 Å². The zero-order valence-electron chi connectivity index (χ0n) is 11.7. The molecule has 0 radical (unpaired) electrons. The van der Waals surface area contributed by atoms with Gasteiger partial charge in [0.2, 0.25) is 11.8 Å². The van der Waals surface area contributed by atoms with Crippen LogP contribution in [0.1, 0.15) is 25.0 Å². The Morgan fingerprint density at radius 3 is 2.86 bits per heavy atom. The summed E-state index contributed by atoms with van der Waals surface area (Å²) in [6, 6.07) is 9.61. The first kappa shape index (κ1) is 13.8. The number of nitrogens with zero attached hydrogens (tertiary/aromatic N) is 1. The number of benzene rings is 1. The predicted molar refractivity (Wildman–Crippen MR) is 77.1 cm³/mol. The van der Waals surface area contributed by atoms with Crippen molar-refractivity contribution < 1.29 is 14.3 Å². The van der Waals surface area contributed by atoms with Gasteiger partial charge in [0.05, 0.1) is 24.3 Å². The number of aromatic nitrogens is 1. The van der Waals surface area contributed by atoms with Crippen LogP contribution in [0.4, 0.5) is 0 Å². The molecule has 1 amide bonds. The fourth-order valence-corrected chi connectivity index (χ4v) is 2.66. The van der Waals surface area contributed by atoms with Crippen molar-refractivity contribution in [2.75, 3.05) is 0 Å². The highest BCUT2D eigenvalue weighted by molar-refractivity contribution is 5.79. The molecule has 2 unspecified atom stereocenters. The van der Waals surface area contributed by atoms with E-state index in [4.69, 9.17) is 4.42 Å². The van der Waals surface area contributed by atoms with E-state index in [1.165, 1.54) is 0 Å². The van der Waals surface area contributed by atoms with Crippen molar-refractivity contribution in [1.82, 2.24) is 10.3 Å². The number of hydrogen-bond acceptors (Lipinski definition) is 4. The van der Waals surface area contributed by atoms with Crippen LogP contribution in [0.25, 0.3) is 11.5 Å². The third-order valence-electron chi connectivity index (χ3n) is 3.83. The van der Waals surface area contributed by atoms with E-state index in [0.717, 1.165) is 18.4 Å². The summed E-state index contributed by atoms with van der Waals surface area (Å²) in [6.07, 6.45) is 3.40. The zero-order chi connectivity index (χ0) is 14.7. The summed E-state index contributed by atoms with van der Waals surface area (Å²) in [7, 11) is 0. The molecule has 3 rings (SSSR count). The molecule has 2 N–H and O–H groups in total. The first-order chi connectivity index (χ1) is 10.2. The molecular weight excluding hydrogens is 268 g/mol. The molecule has 2 aromatic rings. The molecule has 1 saturated carbocycles. The smallest absolute Gasteiger partial charge is 0.226 e. The second kappa shape index (κ2) is 6.10. The first-order valence-electron chi connectivity index (χ1n) is 7.19. The number of rotatable bonds is 4. The minimum Gasteiger partial charge on any atom is -0.444 e. The minimum absolute atomic E-state index is 0.107. The molecule has 1 aliphatic rings. The summed E-state index contributed by atoms with van der Waals surface area (Å²) < 4.78 is 5.42. The van der Waals surface area contributed by atoms with Crippen LogP contribution in [0.3, 0.4) is 0 Å². The maximum atomic E-state index is 12.0. The van der Waals surface area contributed by atoms with Crippen LogP contribution in [-0.4, -0.2) is 22.1 Å². The van der Waals surface area contributed by atoms with Crippen molar-refractivity contribution in [3.8, 4) is 11.5 Å². The monoisotopic (exact) mass is 286 g/mol. The summed E-state index contributed by atoms with van der Waals surface area (Å²) >= 11 is 0. The Kier molecular flexibility index (Phi) is 4.01. The topological polar surface area (TPSA) is 75.4 Å². The summed E-state index contributed by atoms with van der Waals surface area (Å²) in [6.45, 7) is 0.318. The third-order valence-corrected chi connectivity index (χ3v) is 3.83. The zero-order valence-corrected chi connectivity index (χ0v) is 11.7. The van der Waals surface area contributed by atoms with Crippen molar-refractivity contribution in [2.24, 2.45) is 5.92 Å². The predicted octanol–water partition coefficient (Wildman–Crippen LogP) is 2.12. The van der Waals surface area contributed by atoms with Crippen LogP contribution in [-0.2, 0) is 11.3 Å². The van der Waals surface area contributed by atoms with E-state index < -0.39 is 6.10 Å². The molecule has 1 aromatic carbocycles. The molecule has 0 saturated heterocycles. The van der Waals surface area contributed by atoms with Gasteiger partial charge in [0.25, 0.3) is 0 Å². The molecular formula is C16H18N2O3. The summed E-state index contributed by atoms with van der Waals surface area (Å²) in [4.78, 5) is 16.3. The van der Waals surface area contributed by atoms with Crippen LogP contribution in [0.2, 0.25) is 0 Å². The lowest BCUT2D eigenvalue weighted by atomic mass is 10.1. The van der Waals surface area contributed by atoms with Crippen LogP contribution in [0.5, 0.6) is 0 Å². The van der Waals surface area contributed by atoms with Gasteiger partial charge in [-0.25, -0.2) is 4.98 Å². The molecule has 5 heteroatoms. The van der Waals surface area contributed by atoms with Gasteiger partial charge in [-0.1, -0.05) is 18.2 Å². The maximum Gasteiger partial charge on any atom is 0.226 e. The van der Waals surface area contributed by atoms with E-state index in [-0.39, 0.29) is 11.8 Å². The molecule has 1 fully saturated rings. The van der Waals surface area contributed by atoms with Crippen LogP contribution >= 0.6 is 0 Å². The molecule has 0 bridgehead atoms. The highest BCUT2D eigenvalue weighted by Crippen LogP contribution is 2.25. The van der Waals surface area contributed by atoms with E-state index in [2.05, 4.69) is 10.3 Å². The van der Waals surface area contributed by atoms with Gasteiger partial charge in [0.15, 0.2) is 0 Å². The van der Waals surface area contributed by atoms with E-state index in [1.807, 2.05) is 30.3 Å². The lowest BCUT2D eigenvalue weighted by Crippen LogP contribution is -2.34. The summed E-state index contributed by atoms with van der Waals surface area (Å²) in [5.41, 5.74) is 1.58. The normalized spacial score (nSPS) is 21.4. The molecule has 1 aromatic heterocycles. The van der Waals surface area contributed by atoms with E-state index in [9.17, 15) is 9.90 Å². The lowest BCUT2D eigenvalue weighted by Gasteiger charge is -2.13. The number of aliphatic hydroxyl groups excluding tert-OH is 1. The standard InChI is InChI=1S/C16H18N2O3/c19-14-8-4-7-13(14)15(20)17-9-12-10-21-16(18-12)11-5-2-1-3-6-11/h1-3,5-6,10,13-14,19H,4,7-9H2,(H,17,20). The fraction of sp³-hybridized carbons (Fsp3) is 0.375. The maximum absolute atomic E-state index is 12.0. The van der Waals surface area contributed by atoms with Crippen LogP contribution in [0, 0.1) is 5.92 Å². The number of hydrogen-bond donors (Lipinski definition) is 2. The molecule has 21 heavy (non-hydrogen) atoms. The Bertz CT molecular complexity index is 609. The van der Waals surface area contributed by atoms with Crippen molar-refractivity contribution >= 4 is 5.91 Å². The van der Waals surface area contributed by atoms with Gasteiger partial charge in [0, 0.05) is 5.56 Å². The average Bonchev–Trinajstić information content (AvgIpc) is 3.15. The van der Waals surface area contributed by atoms with Gasteiger partial charge >= 0.3 is 0 Å². The number of oxazole rings is 1. The quantitative estimate of drug-likeness (QED) is 0.902. The van der Waals surface area contributed by atoms with Crippen molar-refractivity contribution in [2.45, 2.75) is 31.9 Å². The van der Waals surface area contributed by atoms with E-state index in [0.29, 0.717) is 24.6 Å². The second-order valence-electron chi connectivity index (χ2n) is 5.33. The van der Waals surface area contributed by atoms with E-state index >= 15 is 0 Å². The molecule has 1 aliphatic carbocycles. The molecule has 1 heterocycles. The number of carbonyl (C=O) groups is 1.